The highest BCUT2D eigenvalue weighted by Gasteiger charge is 2.17. The van der Waals surface area contributed by atoms with E-state index in [1.165, 1.54) is 7.05 Å². The molecule has 0 aromatic heterocycles. The van der Waals surface area contributed by atoms with Crippen LogP contribution in [-0.2, 0) is 10.0 Å². The maximum Gasteiger partial charge on any atom is 0.251 e. The van der Waals surface area contributed by atoms with Crippen LogP contribution in [0.1, 0.15) is 35.3 Å². The standard InChI is InChI=1S/C20H26N2O5S/c1-6-17(15-9-12-18(26-3)19(13-15)27-4)21-20(23)14-7-10-16(11-8-14)22(2)28(5,24)25/h7-13,17H,6H2,1-5H3,(H,21,23). The molecule has 8 heteroatoms. The normalized spacial score (nSPS) is 12.2. The van der Waals surface area contributed by atoms with Crippen molar-refractivity contribution in [2.75, 3.05) is 31.8 Å². The molecule has 0 aliphatic rings. The number of nitrogens with one attached hydrogen (secondary N) is 1. The molecule has 1 amide bonds. The van der Waals surface area contributed by atoms with E-state index in [1.807, 2.05) is 19.1 Å². The molecule has 0 heterocycles. The molecule has 28 heavy (non-hydrogen) atoms. The van der Waals surface area contributed by atoms with E-state index in [9.17, 15) is 13.2 Å². The summed E-state index contributed by atoms with van der Waals surface area (Å²) in [6, 6.07) is 11.8. The van der Waals surface area contributed by atoms with Crippen LogP contribution in [0.15, 0.2) is 42.5 Å². The number of methoxy groups -OCH3 is 2. The number of carbonyl (C=O) groups excluding carboxylic acids is 1. The van der Waals surface area contributed by atoms with Crippen molar-refractivity contribution in [2.45, 2.75) is 19.4 Å². The van der Waals surface area contributed by atoms with Crippen molar-refractivity contribution >= 4 is 21.6 Å². The molecule has 1 unspecified atom stereocenters. The minimum atomic E-state index is -3.35. The number of hydrogen-bond donors (Lipinski definition) is 1. The van der Waals surface area contributed by atoms with Crippen LogP contribution in [0, 0.1) is 0 Å². The van der Waals surface area contributed by atoms with Crippen LogP contribution in [0.4, 0.5) is 5.69 Å². The van der Waals surface area contributed by atoms with Gasteiger partial charge in [0.1, 0.15) is 0 Å². The first-order chi connectivity index (χ1) is 13.2. The number of rotatable bonds is 8. The minimum Gasteiger partial charge on any atom is -0.493 e. The molecule has 152 valence electrons. The Morgan fingerprint density at radius 1 is 1.07 bits per heavy atom. The molecule has 0 fully saturated rings. The fourth-order valence-electron chi connectivity index (χ4n) is 2.75. The maximum absolute atomic E-state index is 12.6. The van der Waals surface area contributed by atoms with Crippen LogP contribution in [0.2, 0.25) is 0 Å². The summed E-state index contributed by atoms with van der Waals surface area (Å²) in [6.07, 6.45) is 1.82. The Balaban J connectivity index is 2.18. The van der Waals surface area contributed by atoms with Crippen LogP contribution in [-0.4, -0.2) is 41.8 Å². The van der Waals surface area contributed by atoms with Gasteiger partial charge in [-0.25, -0.2) is 8.42 Å². The SMILES string of the molecule is CCC(NC(=O)c1ccc(N(C)S(C)(=O)=O)cc1)c1ccc(OC)c(OC)c1. The maximum atomic E-state index is 12.6. The third kappa shape index (κ3) is 4.95. The van der Waals surface area contributed by atoms with Gasteiger partial charge in [-0.05, 0) is 48.4 Å². The van der Waals surface area contributed by atoms with E-state index in [2.05, 4.69) is 5.32 Å². The molecule has 0 bridgehead atoms. The molecule has 0 saturated heterocycles. The molecule has 0 aliphatic carbocycles. The van der Waals surface area contributed by atoms with Crippen LogP contribution in [0.25, 0.3) is 0 Å². The van der Waals surface area contributed by atoms with Gasteiger partial charge < -0.3 is 14.8 Å². The van der Waals surface area contributed by atoms with Gasteiger partial charge in [0, 0.05) is 12.6 Å². The van der Waals surface area contributed by atoms with E-state index in [1.54, 1.807) is 44.6 Å². The Kier molecular flexibility index (Phi) is 6.90. The lowest BCUT2D eigenvalue weighted by Crippen LogP contribution is -2.28. The van der Waals surface area contributed by atoms with Crippen molar-refractivity contribution in [2.24, 2.45) is 0 Å². The summed E-state index contributed by atoms with van der Waals surface area (Å²) in [4.78, 5) is 12.6. The Hall–Kier alpha value is -2.74. The number of ether oxygens (including phenoxy) is 2. The van der Waals surface area contributed by atoms with Gasteiger partial charge >= 0.3 is 0 Å². The van der Waals surface area contributed by atoms with E-state index in [0.29, 0.717) is 29.2 Å². The van der Waals surface area contributed by atoms with Crippen LogP contribution in [0.3, 0.4) is 0 Å². The van der Waals surface area contributed by atoms with Gasteiger partial charge in [0.05, 0.1) is 32.2 Å². The monoisotopic (exact) mass is 406 g/mol. The highest BCUT2D eigenvalue weighted by molar-refractivity contribution is 7.92. The molecule has 0 aliphatic heterocycles. The fraction of sp³-hybridized carbons (Fsp3) is 0.350. The minimum absolute atomic E-state index is 0.203. The van der Waals surface area contributed by atoms with E-state index in [-0.39, 0.29) is 11.9 Å². The van der Waals surface area contributed by atoms with Gasteiger partial charge in [-0.3, -0.25) is 9.10 Å². The predicted octanol–water partition coefficient (Wildman–Crippen LogP) is 2.98. The zero-order chi connectivity index (χ0) is 20.9. The van der Waals surface area contributed by atoms with Gasteiger partial charge in [0.15, 0.2) is 11.5 Å². The van der Waals surface area contributed by atoms with Crippen molar-refractivity contribution < 1.29 is 22.7 Å². The van der Waals surface area contributed by atoms with E-state index in [4.69, 9.17) is 9.47 Å². The Labute approximate surface area is 166 Å². The van der Waals surface area contributed by atoms with Gasteiger partial charge in [-0.1, -0.05) is 13.0 Å². The molecule has 0 radical (unpaired) electrons. The first-order valence-corrected chi connectivity index (χ1v) is 10.6. The molecule has 7 nitrogen and oxygen atoms in total. The number of amides is 1. The van der Waals surface area contributed by atoms with Crippen molar-refractivity contribution in [3.63, 3.8) is 0 Å². The Morgan fingerprint density at radius 2 is 1.68 bits per heavy atom. The molecule has 1 atom stereocenters. The highest BCUT2D eigenvalue weighted by atomic mass is 32.2. The zero-order valence-corrected chi connectivity index (χ0v) is 17.5. The summed E-state index contributed by atoms with van der Waals surface area (Å²) in [5.74, 6) is 0.981. The third-order valence-electron chi connectivity index (χ3n) is 4.51. The first kappa shape index (κ1) is 21.6. The summed E-state index contributed by atoms with van der Waals surface area (Å²) in [6.45, 7) is 1.98. The molecule has 2 aromatic carbocycles. The summed E-state index contributed by atoms with van der Waals surface area (Å²) in [5.41, 5.74) is 1.84. The second-order valence-corrected chi connectivity index (χ2v) is 8.34. The molecule has 0 spiro atoms. The molecule has 2 rings (SSSR count). The van der Waals surface area contributed by atoms with Crippen molar-refractivity contribution in [1.29, 1.82) is 0 Å². The predicted molar refractivity (Wildman–Crippen MR) is 110 cm³/mol. The van der Waals surface area contributed by atoms with Gasteiger partial charge in [0.2, 0.25) is 10.0 Å². The highest BCUT2D eigenvalue weighted by Crippen LogP contribution is 2.31. The number of benzene rings is 2. The van der Waals surface area contributed by atoms with Gasteiger partial charge in [-0.2, -0.15) is 0 Å². The van der Waals surface area contributed by atoms with Crippen molar-refractivity contribution in [1.82, 2.24) is 5.32 Å². The molecular formula is C20H26N2O5S. The van der Waals surface area contributed by atoms with E-state index in [0.717, 1.165) is 16.1 Å². The summed E-state index contributed by atoms with van der Waals surface area (Å²) in [7, 11) is 1.25. The lowest BCUT2D eigenvalue weighted by Gasteiger charge is -2.20. The van der Waals surface area contributed by atoms with Crippen LogP contribution < -0.4 is 19.1 Å². The summed E-state index contributed by atoms with van der Waals surface area (Å²) in [5, 5.41) is 3.00. The number of carbonyl (C=O) groups is 1. The van der Waals surface area contributed by atoms with Crippen LogP contribution >= 0.6 is 0 Å². The largest absolute Gasteiger partial charge is 0.493 e. The van der Waals surface area contributed by atoms with Crippen molar-refractivity contribution in [3.8, 4) is 11.5 Å². The van der Waals surface area contributed by atoms with E-state index >= 15 is 0 Å². The first-order valence-electron chi connectivity index (χ1n) is 8.78. The average Bonchev–Trinajstić information content (AvgIpc) is 2.70. The number of nitrogens with zero attached hydrogens (tertiary/aromatic N) is 1. The lowest BCUT2D eigenvalue weighted by molar-refractivity contribution is 0.0935. The van der Waals surface area contributed by atoms with Gasteiger partial charge in [0.25, 0.3) is 5.91 Å². The molecule has 1 N–H and O–H groups in total. The Morgan fingerprint density at radius 3 is 2.18 bits per heavy atom. The number of sulfonamides is 1. The smallest absolute Gasteiger partial charge is 0.251 e. The van der Waals surface area contributed by atoms with E-state index < -0.39 is 10.0 Å². The second kappa shape index (κ2) is 8.97. The van der Waals surface area contributed by atoms with Crippen molar-refractivity contribution in [3.05, 3.63) is 53.6 Å². The second-order valence-electron chi connectivity index (χ2n) is 6.33. The third-order valence-corrected chi connectivity index (χ3v) is 5.72. The van der Waals surface area contributed by atoms with Crippen LogP contribution in [0.5, 0.6) is 11.5 Å². The zero-order valence-electron chi connectivity index (χ0n) is 16.7. The molecule has 2 aromatic rings. The van der Waals surface area contributed by atoms with Gasteiger partial charge in [-0.15, -0.1) is 0 Å². The lowest BCUT2D eigenvalue weighted by atomic mass is 10.0. The topological polar surface area (TPSA) is 84.9 Å². The number of hydrogen-bond acceptors (Lipinski definition) is 5. The molecular weight excluding hydrogens is 380 g/mol. The average molecular weight is 407 g/mol. The summed E-state index contributed by atoms with van der Waals surface area (Å²) >= 11 is 0. The summed E-state index contributed by atoms with van der Waals surface area (Å²) < 4.78 is 35.0. The number of anilines is 1. The molecule has 0 saturated carbocycles. The quantitative estimate of drug-likeness (QED) is 0.728. The Bertz CT molecular complexity index is 926. The fourth-order valence-corrected chi connectivity index (χ4v) is 3.25.